The minimum atomic E-state index is -0.882. The fraction of sp³-hybridized carbons (Fsp3) is 0.462. The number of piperidine rings is 1. The number of benzene rings is 1. The first kappa shape index (κ1) is 25.9. The summed E-state index contributed by atoms with van der Waals surface area (Å²) in [6, 6.07) is 7.62. The standard InChI is InChI=1S/C26H32ClN3O4S/c1-34-19-4-5-22-20(15-19)24(21(27)16-28-22)23(31)6-8-26(25(32)29-33)9-12-30(13-10-26)11-2-3-18-7-14-35-17-18/h4-5,7,14-17,23,31,33H,2-3,6,8-13H2,1H3,(H,29,32). The van der Waals surface area contributed by atoms with Crippen LogP contribution in [-0.4, -0.2) is 52.8 Å². The molecule has 4 rings (SSSR count). The molecule has 1 fully saturated rings. The molecule has 9 heteroatoms. The molecule has 0 saturated carbocycles. The number of rotatable bonds is 10. The van der Waals surface area contributed by atoms with Gasteiger partial charge in [-0.05, 0) is 98.7 Å². The number of carbonyl (C=O) groups is 1. The molecule has 1 unspecified atom stereocenters. The minimum absolute atomic E-state index is 0.335. The number of methoxy groups -OCH3 is 1. The van der Waals surface area contributed by atoms with Crippen molar-refractivity contribution in [3.05, 3.63) is 57.4 Å². The van der Waals surface area contributed by atoms with Gasteiger partial charge in [-0.1, -0.05) is 11.6 Å². The lowest BCUT2D eigenvalue weighted by molar-refractivity contribution is -0.143. The molecule has 1 aromatic carbocycles. The van der Waals surface area contributed by atoms with Crippen molar-refractivity contribution in [2.24, 2.45) is 5.41 Å². The Balaban J connectivity index is 1.42. The topological polar surface area (TPSA) is 94.9 Å². The van der Waals surface area contributed by atoms with Gasteiger partial charge >= 0.3 is 0 Å². The summed E-state index contributed by atoms with van der Waals surface area (Å²) in [6.45, 7) is 2.54. The Labute approximate surface area is 214 Å². The molecular formula is C26H32ClN3O4S. The zero-order valence-electron chi connectivity index (χ0n) is 19.9. The number of aliphatic hydroxyl groups excluding tert-OH is 1. The molecule has 3 heterocycles. The largest absolute Gasteiger partial charge is 0.497 e. The molecule has 3 N–H and O–H groups in total. The van der Waals surface area contributed by atoms with Gasteiger partial charge in [-0.15, -0.1) is 0 Å². The smallest absolute Gasteiger partial charge is 0.249 e. The van der Waals surface area contributed by atoms with Crippen LogP contribution in [0.4, 0.5) is 0 Å². The summed E-state index contributed by atoms with van der Waals surface area (Å²) in [4.78, 5) is 19.5. The van der Waals surface area contributed by atoms with Crippen LogP contribution in [0.15, 0.2) is 41.2 Å². The number of aliphatic hydroxyl groups is 1. The van der Waals surface area contributed by atoms with Crippen LogP contribution in [0.5, 0.6) is 5.75 Å². The summed E-state index contributed by atoms with van der Waals surface area (Å²) in [5, 5.41) is 26.0. The van der Waals surface area contributed by atoms with Crippen molar-refractivity contribution in [1.29, 1.82) is 0 Å². The van der Waals surface area contributed by atoms with Crippen LogP contribution < -0.4 is 10.2 Å². The summed E-state index contributed by atoms with van der Waals surface area (Å²) in [5.74, 6) is 0.271. The van der Waals surface area contributed by atoms with Gasteiger partial charge in [0.1, 0.15) is 5.75 Å². The van der Waals surface area contributed by atoms with Gasteiger partial charge in [0.05, 0.1) is 29.2 Å². The molecule has 0 spiro atoms. The summed E-state index contributed by atoms with van der Waals surface area (Å²) in [5.41, 5.74) is 3.82. The Morgan fingerprint density at radius 1 is 1.34 bits per heavy atom. The van der Waals surface area contributed by atoms with E-state index in [9.17, 15) is 15.1 Å². The number of ether oxygens (including phenoxy) is 1. The molecule has 1 saturated heterocycles. The monoisotopic (exact) mass is 517 g/mol. The lowest BCUT2D eigenvalue weighted by atomic mass is 9.73. The maximum Gasteiger partial charge on any atom is 0.249 e. The normalized spacial score (nSPS) is 16.8. The van der Waals surface area contributed by atoms with E-state index in [1.54, 1.807) is 24.6 Å². The van der Waals surface area contributed by atoms with E-state index in [2.05, 4.69) is 26.7 Å². The zero-order chi connectivity index (χ0) is 24.8. The number of hydrogen-bond acceptors (Lipinski definition) is 7. The van der Waals surface area contributed by atoms with Crippen LogP contribution in [-0.2, 0) is 11.2 Å². The number of hydroxylamine groups is 1. The summed E-state index contributed by atoms with van der Waals surface area (Å²) in [7, 11) is 1.58. The number of nitrogens with zero attached hydrogens (tertiary/aromatic N) is 2. The highest BCUT2D eigenvalue weighted by Gasteiger charge is 2.41. The van der Waals surface area contributed by atoms with Crippen molar-refractivity contribution >= 4 is 39.7 Å². The first-order valence-electron chi connectivity index (χ1n) is 11.9. The first-order valence-corrected chi connectivity index (χ1v) is 13.3. The van der Waals surface area contributed by atoms with E-state index < -0.39 is 11.5 Å². The molecule has 3 aromatic rings. The zero-order valence-corrected chi connectivity index (χ0v) is 21.4. The Bertz CT molecular complexity index is 1130. The quantitative estimate of drug-likeness (QED) is 0.259. The molecule has 1 atom stereocenters. The number of fused-ring (bicyclic) bond motifs is 1. The van der Waals surface area contributed by atoms with E-state index in [0.717, 1.165) is 37.9 Å². The lowest BCUT2D eigenvalue weighted by Gasteiger charge is -2.40. The molecule has 1 aliphatic rings. The number of aromatic nitrogens is 1. The second-order valence-electron chi connectivity index (χ2n) is 9.26. The average molecular weight is 518 g/mol. The van der Waals surface area contributed by atoms with Crippen LogP contribution in [0.2, 0.25) is 5.02 Å². The number of halogens is 1. The van der Waals surface area contributed by atoms with Gasteiger partial charge in [-0.3, -0.25) is 15.0 Å². The third-order valence-electron chi connectivity index (χ3n) is 7.21. The maximum absolute atomic E-state index is 12.8. The van der Waals surface area contributed by atoms with E-state index in [1.807, 2.05) is 23.7 Å². The fourth-order valence-electron chi connectivity index (χ4n) is 5.05. The fourth-order valence-corrected chi connectivity index (χ4v) is 6.03. The van der Waals surface area contributed by atoms with E-state index in [-0.39, 0.29) is 5.91 Å². The van der Waals surface area contributed by atoms with Crippen LogP contribution >= 0.6 is 22.9 Å². The van der Waals surface area contributed by atoms with Crippen molar-refractivity contribution < 1.29 is 19.8 Å². The Morgan fingerprint density at radius 2 is 2.14 bits per heavy atom. The van der Waals surface area contributed by atoms with Gasteiger partial charge in [0.15, 0.2) is 0 Å². The van der Waals surface area contributed by atoms with E-state index in [4.69, 9.17) is 16.3 Å². The molecule has 0 aliphatic carbocycles. The second-order valence-corrected chi connectivity index (χ2v) is 10.4. The number of amides is 1. The molecule has 1 amide bonds. The van der Waals surface area contributed by atoms with Crippen molar-refractivity contribution in [1.82, 2.24) is 15.4 Å². The van der Waals surface area contributed by atoms with Gasteiger partial charge in [0.25, 0.3) is 0 Å². The second kappa shape index (κ2) is 11.7. The van der Waals surface area contributed by atoms with Gasteiger partial charge in [-0.25, -0.2) is 5.48 Å². The van der Waals surface area contributed by atoms with Crippen LogP contribution in [0.25, 0.3) is 10.9 Å². The van der Waals surface area contributed by atoms with E-state index in [1.165, 1.54) is 5.56 Å². The number of likely N-dealkylation sites (tertiary alicyclic amines) is 1. The molecule has 0 bridgehead atoms. The number of pyridine rings is 1. The number of thiophene rings is 1. The maximum atomic E-state index is 12.8. The van der Waals surface area contributed by atoms with Crippen LogP contribution in [0.3, 0.4) is 0 Å². The summed E-state index contributed by atoms with van der Waals surface area (Å²) in [6.07, 6.45) is 4.82. The lowest BCUT2D eigenvalue weighted by Crippen LogP contribution is -2.48. The highest BCUT2D eigenvalue weighted by molar-refractivity contribution is 7.07. The molecule has 1 aliphatic heterocycles. The number of carbonyl (C=O) groups excluding carboxylic acids is 1. The highest BCUT2D eigenvalue weighted by atomic mass is 35.5. The summed E-state index contributed by atoms with van der Waals surface area (Å²) >= 11 is 8.18. The average Bonchev–Trinajstić information content (AvgIpc) is 3.40. The molecular weight excluding hydrogens is 486 g/mol. The Hall–Kier alpha value is -2.23. The van der Waals surface area contributed by atoms with Crippen molar-refractivity contribution in [3.8, 4) is 5.75 Å². The van der Waals surface area contributed by atoms with Crippen molar-refractivity contribution in [2.75, 3.05) is 26.7 Å². The van der Waals surface area contributed by atoms with Crippen LogP contribution in [0, 0.1) is 5.41 Å². The molecule has 35 heavy (non-hydrogen) atoms. The van der Waals surface area contributed by atoms with E-state index in [0.29, 0.717) is 47.5 Å². The van der Waals surface area contributed by atoms with Gasteiger partial charge in [-0.2, -0.15) is 11.3 Å². The predicted molar refractivity (Wildman–Crippen MR) is 138 cm³/mol. The van der Waals surface area contributed by atoms with Gasteiger partial charge in [0, 0.05) is 17.1 Å². The van der Waals surface area contributed by atoms with Gasteiger partial charge < -0.3 is 14.7 Å². The van der Waals surface area contributed by atoms with Gasteiger partial charge in [0.2, 0.25) is 5.91 Å². The number of nitrogens with one attached hydrogen (secondary N) is 1. The van der Waals surface area contributed by atoms with Crippen molar-refractivity contribution in [3.63, 3.8) is 0 Å². The predicted octanol–water partition coefficient (Wildman–Crippen LogP) is 4.99. The molecule has 0 radical (unpaired) electrons. The van der Waals surface area contributed by atoms with Crippen molar-refractivity contribution in [2.45, 2.75) is 44.6 Å². The third-order valence-corrected chi connectivity index (χ3v) is 8.25. The molecule has 2 aromatic heterocycles. The highest BCUT2D eigenvalue weighted by Crippen LogP contribution is 2.41. The SMILES string of the molecule is COc1ccc2ncc(Cl)c(C(O)CCC3(C(=O)NO)CCN(CCCc4ccsc4)CC3)c2c1. The minimum Gasteiger partial charge on any atom is -0.497 e. The molecule has 188 valence electrons. The first-order chi connectivity index (χ1) is 17.0. The Morgan fingerprint density at radius 3 is 2.83 bits per heavy atom. The summed E-state index contributed by atoms with van der Waals surface area (Å²) < 4.78 is 5.34. The Kier molecular flexibility index (Phi) is 8.62. The third kappa shape index (κ3) is 5.95. The number of aryl methyl sites for hydroxylation is 1. The number of hydrogen-bond donors (Lipinski definition) is 3. The van der Waals surface area contributed by atoms with E-state index >= 15 is 0 Å². The molecule has 7 nitrogen and oxygen atoms in total. The van der Waals surface area contributed by atoms with Crippen LogP contribution in [0.1, 0.15) is 49.3 Å².